The second-order valence-corrected chi connectivity index (χ2v) is 10.6. The molecule has 3 aromatic rings. The van der Waals surface area contributed by atoms with Gasteiger partial charge in [-0.2, -0.15) is 0 Å². The number of ether oxygens (including phenoxy) is 1. The van der Waals surface area contributed by atoms with Gasteiger partial charge in [0, 0.05) is 24.4 Å². The number of anilines is 1. The van der Waals surface area contributed by atoms with Gasteiger partial charge in [0.25, 0.3) is 0 Å². The maximum atomic E-state index is 13.8. The maximum Gasteiger partial charge on any atom is 0.223 e. The summed E-state index contributed by atoms with van der Waals surface area (Å²) in [6.07, 6.45) is 4.06. The van der Waals surface area contributed by atoms with Gasteiger partial charge in [0.15, 0.2) is 0 Å². The first-order valence-corrected chi connectivity index (χ1v) is 12.4. The van der Waals surface area contributed by atoms with Crippen LogP contribution in [-0.4, -0.2) is 45.3 Å². The topological polar surface area (TPSA) is 99.2 Å². The van der Waals surface area contributed by atoms with E-state index < -0.39 is 5.41 Å². The minimum absolute atomic E-state index is 0.00313. The summed E-state index contributed by atoms with van der Waals surface area (Å²) in [5.41, 5.74) is 7.89. The minimum atomic E-state index is -0.637. The van der Waals surface area contributed by atoms with Crippen molar-refractivity contribution in [1.82, 2.24) is 20.2 Å². The van der Waals surface area contributed by atoms with Crippen LogP contribution in [0.4, 0.5) is 10.1 Å². The number of amides is 1. The summed E-state index contributed by atoms with van der Waals surface area (Å²) in [4.78, 5) is 14.4. The number of primary amides is 1. The second-order valence-electron chi connectivity index (χ2n) is 10.6. The Hall–Kier alpha value is -3.49. The molecule has 36 heavy (non-hydrogen) atoms. The largest absolute Gasteiger partial charge is 0.489 e. The number of carbonyl (C=O) groups is 1. The van der Waals surface area contributed by atoms with Crippen LogP contribution in [-0.2, 0) is 4.79 Å². The van der Waals surface area contributed by atoms with Gasteiger partial charge in [-0.05, 0) is 85.3 Å². The van der Waals surface area contributed by atoms with E-state index in [0.717, 1.165) is 35.5 Å². The summed E-state index contributed by atoms with van der Waals surface area (Å²) < 4.78 is 21.6. The Morgan fingerprint density at radius 3 is 2.56 bits per heavy atom. The first-order valence-electron chi connectivity index (χ1n) is 12.4. The molecule has 8 nitrogen and oxygen atoms in total. The molecule has 1 aliphatic rings. The van der Waals surface area contributed by atoms with Gasteiger partial charge in [-0.3, -0.25) is 4.79 Å². The number of nitrogens with zero attached hydrogens (tertiary/aromatic N) is 5. The number of hydrogen-bond acceptors (Lipinski definition) is 6. The van der Waals surface area contributed by atoms with Crippen molar-refractivity contribution in [2.75, 3.05) is 11.9 Å². The normalized spacial score (nSPS) is 20.0. The third-order valence-electron chi connectivity index (χ3n) is 7.25. The third-order valence-corrected chi connectivity index (χ3v) is 7.25. The van der Waals surface area contributed by atoms with Crippen molar-refractivity contribution < 1.29 is 13.9 Å². The summed E-state index contributed by atoms with van der Waals surface area (Å²) in [5.74, 6) is 0.486. The zero-order chi connectivity index (χ0) is 26.0. The van der Waals surface area contributed by atoms with Crippen LogP contribution in [0.15, 0.2) is 48.8 Å². The van der Waals surface area contributed by atoms with Crippen LogP contribution in [0.5, 0.6) is 5.75 Å². The van der Waals surface area contributed by atoms with Crippen LogP contribution in [0.25, 0.3) is 5.69 Å². The summed E-state index contributed by atoms with van der Waals surface area (Å²) in [7, 11) is 2.06. The van der Waals surface area contributed by atoms with Gasteiger partial charge >= 0.3 is 0 Å². The summed E-state index contributed by atoms with van der Waals surface area (Å²) >= 11 is 0. The molecule has 1 saturated carbocycles. The molecule has 0 radical (unpaired) electrons. The van der Waals surface area contributed by atoms with Crippen molar-refractivity contribution in [3.05, 3.63) is 60.2 Å². The van der Waals surface area contributed by atoms with Crippen LogP contribution in [0.3, 0.4) is 0 Å². The average molecular weight is 495 g/mol. The fraction of sp³-hybridized carbons (Fsp3) is 0.481. The monoisotopic (exact) mass is 494 g/mol. The first-order chi connectivity index (χ1) is 17.1. The zero-order valence-corrected chi connectivity index (χ0v) is 21.6. The van der Waals surface area contributed by atoms with Crippen molar-refractivity contribution >= 4 is 11.6 Å². The number of tetrazole rings is 1. The van der Waals surface area contributed by atoms with Gasteiger partial charge in [-0.25, -0.2) is 9.07 Å². The third kappa shape index (κ3) is 5.34. The van der Waals surface area contributed by atoms with Gasteiger partial charge in [0.1, 0.15) is 17.9 Å². The smallest absolute Gasteiger partial charge is 0.223 e. The summed E-state index contributed by atoms with van der Waals surface area (Å²) in [6.45, 7) is 7.80. The molecule has 1 aromatic heterocycles. The van der Waals surface area contributed by atoms with Crippen LogP contribution >= 0.6 is 0 Å². The van der Waals surface area contributed by atoms with Crippen LogP contribution in [0.2, 0.25) is 0 Å². The Bertz CT molecular complexity index is 1180. The van der Waals surface area contributed by atoms with Crippen molar-refractivity contribution in [3.8, 4) is 11.4 Å². The molecule has 0 bridgehead atoms. The van der Waals surface area contributed by atoms with E-state index in [9.17, 15) is 9.18 Å². The fourth-order valence-electron chi connectivity index (χ4n) is 5.39. The van der Waals surface area contributed by atoms with Gasteiger partial charge in [-0.1, -0.05) is 26.0 Å². The Morgan fingerprint density at radius 2 is 1.94 bits per heavy atom. The summed E-state index contributed by atoms with van der Waals surface area (Å²) in [5, 5.41) is 11.5. The predicted molar refractivity (Wildman–Crippen MR) is 137 cm³/mol. The van der Waals surface area contributed by atoms with Gasteiger partial charge < -0.3 is 15.4 Å². The van der Waals surface area contributed by atoms with Crippen molar-refractivity contribution in [3.63, 3.8) is 0 Å². The van der Waals surface area contributed by atoms with Crippen LogP contribution in [0.1, 0.15) is 58.4 Å². The number of nitrogens with two attached hydrogens (primary N) is 1. The highest BCUT2D eigenvalue weighted by atomic mass is 19.1. The van der Waals surface area contributed by atoms with Crippen molar-refractivity contribution in [2.45, 2.75) is 65.0 Å². The lowest BCUT2D eigenvalue weighted by Gasteiger charge is -2.36. The van der Waals surface area contributed by atoms with E-state index in [2.05, 4.69) is 27.5 Å². The Balaban J connectivity index is 1.74. The molecule has 3 unspecified atom stereocenters. The number of benzene rings is 2. The standard InChI is InChI=1S/C27H35FN6O2/c1-17(2)36-24-13-11-21(34-16-30-31-32-34)14-23(24)33(5)22-12-8-19(15-27(3,4)26(29)35)25(22)18-6-9-20(28)10-7-18/h6-7,9-11,13-14,16-17,19,22,25H,8,12,15H2,1-5H3,(H2,29,35). The molecule has 2 N–H and O–H groups in total. The lowest BCUT2D eigenvalue weighted by molar-refractivity contribution is -0.126. The van der Waals surface area contributed by atoms with Gasteiger partial charge in [0.2, 0.25) is 5.91 Å². The number of halogens is 1. The van der Waals surface area contributed by atoms with E-state index in [0.29, 0.717) is 6.42 Å². The van der Waals surface area contributed by atoms with E-state index in [1.54, 1.807) is 11.0 Å². The molecular weight excluding hydrogens is 459 g/mol. The van der Waals surface area contributed by atoms with E-state index in [4.69, 9.17) is 10.5 Å². The lowest BCUT2D eigenvalue weighted by Crippen LogP contribution is -2.38. The summed E-state index contributed by atoms with van der Waals surface area (Å²) in [6, 6.07) is 12.7. The van der Waals surface area contributed by atoms with Crippen LogP contribution < -0.4 is 15.4 Å². The fourth-order valence-corrected chi connectivity index (χ4v) is 5.39. The van der Waals surface area contributed by atoms with E-state index in [1.807, 2.05) is 58.0 Å². The minimum Gasteiger partial charge on any atom is -0.489 e. The van der Waals surface area contributed by atoms with E-state index in [-0.39, 0.29) is 35.7 Å². The lowest BCUT2D eigenvalue weighted by atomic mass is 9.75. The van der Waals surface area contributed by atoms with Crippen molar-refractivity contribution in [1.29, 1.82) is 0 Å². The molecular formula is C27H35FN6O2. The van der Waals surface area contributed by atoms with Crippen LogP contribution in [0, 0.1) is 17.2 Å². The Kier molecular flexibility index (Phi) is 7.28. The van der Waals surface area contributed by atoms with Gasteiger partial charge in [0.05, 0.1) is 17.5 Å². The second kappa shape index (κ2) is 10.2. The zero-order valence-electron chi connectivity index (χ0n) is 21.6. The number of carbonyl (C=O) groups excluding carboxylic acids is 1. The molecule has 192 valence electrons. The molecule has 1 heterocycles. The molecule has 3 atom stereocenters. The maximum absolute atomic E-state index is 13.8. The molecule has 0 aliphatic heterocycles. The van der Waals surface area contributed by atoms with Gasteiger partial charge in [-0.15, -0.1) is 5.10 Å². The molecule has 0 spiro atoms. The van der Waals surface area contributed by atoms with E-state index in [1.165, 1.54) is 12.1 Å². The molecule has 1 aliphatic carbocycles. The van der Waals surface area contributed by atoms with E-state index >= 15 is 0 Å². The Labute approximate surface area is 211 Å². The highest BCUT2D eigenvalue weighted by molar-refractivity contribution is 5.79. The highest BCUT2D eigenvalue weighted by Gasteiger charge is 2.43. The molecule has 1 amide bonds. The number of likely N-dealkylation sites (N-methyl/N-ethyl adjacent to an activating group) is 1. The number of aromatic nitrogens is 4. The first kappa shape index (κ1) is 25.6. The SMILES string of the molecule is CC(C)Oc1ccc(-n2cnnn2)cc1N(C)C1CCC(CC(C)(C)C(N)=O)C1c1ccc(F)cc1. The molecule has 1 fully saturated rings. The molecule has 0 saturated heterocycles. The quantitative estimate of drug-likeness (QED) is 0.471. The molecule has 9 heteroatoms. The average Bonchev–Trinajstić information content (AvgIpc) is 3.49. The number of rotatable bonds is 9. The Morgan fingerprint density at radius 1 is 1.22 bits per heavy atom. The number of hydrogen-bond donors (Lipinski definition) is 1. The highest BCUT2D eigenvalue weighted by Crippen LogP contribution is 2.49. The predicted octanol–water partition coefficient (Wildman–Crippen LogP) is 4.49. The molecule has 2 aromatic carbocycles. The van der Waals surface area contributed by atoms with Crippen molar-refractivity contribution in [2.24, 2.45) is 17.1 Å². The molecule has 4 rings (SSSR count).